The van der Waals surface area contributed by atoms with Crippen molar-refractivity contribution in [3.8, 4) is 0 Å². The van der Waals surface area contributed by atoms with E-state index in [0.29, 0.717) is 0 Å². The second-order valence-corrected chi connectivity index (χ2v) is 4.10. The Morgan fingerprint density at radius 2 is 1.67 bits per heavy atom. The molecule has 0 atom stereocenters. The number of aromatic nitrogens is 2. The Hall–Kier alpha value is -1.31. The van der Waals surface area contributed by atoms with Gasteiger partial charge in [-0.15, -0.1) is 0 Å². The zero-order valence-corrected chi connectivity index (χ0v) is 13.0. The molecule has 0 saturated carbocycles. The van der Waals surface area contributed by atoms with E-state index in [0.717, 1.165) is 12.2 Å². The lowest BCUT2D eigenvalue weighted by Crippen LogP contribution is -1.91. The van der Waals surface area contributed by atoms with E-state index < -0.39 is 0 Å². The lowest BCUT2D eigenvalue weighted by Gasteiger charge is -2.00. The van der Waals surface area contributed by atoms with Crippen LogP contribution in [0.1, 0.15) is 52.3 Å². The van der Waals surface area contributed by atoms with Crippen molar-refractivity contribution in [3.63, 3.8) is 0 Å². The van der Waals surface area contributed by atoms with Gasteiger partial charge in [0.1, 0.15) is 0 Å². The first-order valence-electron chi connectivity index (χ1n) is 7.06. The quantitative estimate of drug-likeness (QED) is 0.685. The van der Waals surface area contributed by atoms with Crippen LogP contribution in [0.25, 0.3) is 10.9 Å². The standard InChI is InChI=1S/C11H14N2.C3H8.C2H6/c1-4-13-7-8(2)11-9(3)12-6-5-10(11)13;1-3-2;1-2/h5-7H,4H2,1-3H3;3H2,1-2H3;1-2H3. The number of hydrogen-bond donors (Lipinski definition) is 0. The summed E-state index contributed by atoms with van der Waals surface area (Å²) in [4.78, 5) is 4.30. The molecule has 2 aromatic rings. The maximum absolute atomic E-state index is 4.30. The van der Waals surface area contributed by atoms with Gasteiger partial charge in [-0.3, -0.25) is 4.98 Å². The fourth-order valence-electron chi connectivity index (χ4n) is 1.91. The van der Waals surface area contributed by atoms with Crippen molar-refractivity contribution < 1.29 is 0 Å². The summed E-state index contributed by atoms with van der Waals surface area (Å²) in [6.45, 7) is 15.6. The summed E-state index contributed by atoms with van der Waals surface area (Å²) in [7, 11) is 0. The molecule has 0 aliphatic heterocycles. The summed E-state index contributed by atoms with van der Waals surface area (Å²) in [6.07, 6.45) is 5.32. The fraction of sp³-hybridized carbons (Fsp3) is 0.562. The Morgan fingerprint density at radius 3 is 2.17 bits per heavy atom. The molecule has 2 nitrogen and oxygen atoms in total. The van der Waals surface area contributed by atoms with Crippen LogP contribution in [0, 0.1) is 13.8 Å². The molecule has 0 spiro atoms. The van der Waals surface area contributed by atoms with E-state index in [1.165, 1.54) is 22.9 Å². The topological polar surface area (TPSA) is 17.8 Å². The second-order valence-electron chi connectivity index (χ2n) is 4.10. The third kappa shape index (κ3) is 3.86. The van der Waals surface area contributed by atoms with E-state index in [9.17, 15) is 0 Å². The van der Waals surface area contributed by atoms with Crippen LogP contribution in [0.5, 0.6) is 0 Å². The van der Waals surface area contributed by atoms with E-state index in [1.54, 1.807) is 0 Å². The highest BCUT2D eigenvalue weighted by atomic mass is 15.0. The SMILES string of the molecule is CC.CCC.CCn1cc(C)c2c(C)nccc21. The summed E-state index contributed by atoms with van der Waals surface area (Å²) < 4.78 is 2.26. The third-order valence-corrected chi connectivity index (χ3v) is 2.51. The van der Waals surface area contributed by atoms with Crippen LogP contribution >= 0.6 is 0 Å². The first-order chi connectivity index (χ1) is 8.65. The molecule has 2 aromatic heterocycles. The Labute approximate surface area is 112 Å². The van der Waals surface area contributed by atoms with Gasteiger partial charge in [-0.2, -0.15) is 0 Å². The molecular weight excluding hydrogens is 220 g/mol. The minimum absolute atomic E-state index is 1.02. The van der Waals surface area contributed by atoms with Crippen molar-refractivity contribution in [2.24, 2.45) is 0 Å². The lowest BCUT2D eigenvalue weighted by molar-refractivity contribution is 0.795. The van der Waals surface area contributed by atoms with E-state index in [1.807, 2.05) is 20.0 Å². The van der Waals surface area contributed by atoms with Gasteiger partial charge in [0.15, 0.2) is 0 Å². The van der Waals surface area contributed by atoms with Gasteiger partial charge in [0.05, 0.1) is 5.52 Å². The largest absolute Gasteiger partial charge is 0.347 e. The molecule has 0 amide bonds. The second kappa shape index (κ2) is 8.73. The number of fused-ring (bicyclic) bond motifs is 1. The van der Waals surface area contributed by atoms with Crippen molar-refractivity contribution in [1.82, 2.24) is 9.55 Å². The van der Waals surface area contributed by atoms with Gasteiger partial charge >= 0.3 is 0 Å². The van der Waals surface area contributed by atoms with Crippen LogP contribution in [0.15, 0.2) is 18.5 Å². The molecule has 102 valence electrons. The average molecular weight is 248 g/mol. The van der Waals surface area contributed by atoms with Gasteiger partial charge in [-0.05, 0) is 32.4 Å². The molecule has 0 bridgehead atoms. The zero-order chi connectivity index (χ0) is 14.1. The molecule has 2 rings (SSSR count). The number of rotatable bonds is 1. The molecule has 0 N–H and O–H groups in total. The van der Waals surface area contributed by atoms with Crippen LogP contribution in [0.3, 0.4) is 0 Å². The maximum atomic E-state index is 4.30. The smallest absolute Gasteiger partial charge is 0.0516 e. The van der Waals surface area contributed by atoms with Crippen LogP contribution in [0.2, 0.25) is 0 Å². The number of nitrogens with zero attached hydrogens (tertiary/aromatic N) is 2. The maximum Gasteiger partial charge on any atom is 0.0516 e. The highest BCUT2D eigenvalue weighted by molar-refractivity contribution is 5.85. The van der Waals surface area contributed by atoms with Gasteiger partial charge in [0.2, 0.25) is 0 Å². The van der Waals surface area contributed by atoms with Crippen LogP contribution in [-0.2, 0) is 6.54 Å². The lowest BCUT2D eigenvalue weighted by atomic mass is 10.2. The highest BCUT2D eigenvalue weighted by Gasteiger charge is 2.06. The third-order valence-electron chi connectivity index (χ3n) is 2.51. The Morgan fingerprint density at radius 1 is 1.11 bits per heavy atom. The van der Waals surface area contributed by atoms with Crippen LogP contribution in [-0.4, -0.2) is 9.55 Å². The predicted molar refractivity (Wildman–Crippen MR) is 82.2 cm³/mol. The summed E-state index contributed by atoms with van der Waals surface area (Å²) in [5.74, 6) is 0. The Kier molecular flexibility index (Phi) is 8.10. The minimum Gasteiger partial charge on any atom is -0.347 e. The molecule has 0 aromatic carbocycles. The Balaban J connectivity index is 0.000000509. The highest BCUT2D eigenvalue weighted by Crippen LogP contribution is 2.22. The van der Waals surface area contributed by atoms with Crippen molar-refractivity contribution in [1.29, 1.82) is 0 Å². The predicted octanol–water partition coefficient (Wildman–Crippen LogP) is 5.12. The van der Waals surface area contributed by atoms with Gasteiger partial charge in [0, 0.05) is 30.0 Å². The summed E-state index contributed by atoms with van der Waals surface area (Å²) in [5, 5.41) is 1.31. The first-order valence-corrected chi connectivity index (χ1v) is 7.06. The van der Waals surface area contributed by atoms with Crippen molar-refractivity contribution in [3.05, 3.63) is 29.7 Å². The zero-order valence-electron chi connectivity index (χ0n) is 13.0. The molecule has 2 heterocycles. The summed E-state index contributed by atoms with van der Waals surface area (Å²) in [5.41, 5.74) is 3.75. The molecule has 2 heteroatoms. The summed E-state index contributed by atoms with van der Waals surface area (Å²) >= 11 is 0. The van der Waals surface area contributed by atoms with E-state index in [-0.39, 0.29) is 0 Å². The molecule has 0 radical (unpaired) electrons. The molecule has 0 saturated heterocycles. The van der Waals surface area contributed by atoms with E-state index in [2.05, 4.69) is 56.4 Å². The monoisotopic (exact) mass is 248 g/mol. The van der Waals surface area contributed by atoms with Gasteiger partial charge in [-0.25, -0.2) is 0 Å². The van der Waals surface area contributed by atoms with E-state index >= 15 is 0 Å². The average Bonchev–Trinajstić information content (AvgIpc) is 2.71. The molecular formula is C16H28N2. The normalized spacial score (nSPS) is 9.28. The number of hydrogen-bond acceptors (Lipinski definition) is 1. The summed E-state index contributed by atoms with van der Waals surface area (Å²) in [6, 6.07) is 2.08. The van der Waals surface area contributed by atoms with E-state index in [4.69, 9.17) is 0 Å². The van der Waals surface area contributed by atoms with Crippen molar-refractivity contribution in [2.75, 3.05) is 0 Å². The van der Waals surface area contributed by atoms with Crippen molar-refractivity contribution in [2.45, 2.75) is 61.4 Å². The molecule has 0 fully saturated rings. The molecule has 18 heavy (non-hydrogen) atoms. The first kappa shape index (κ1) is 16.7. The van der Waals surface area contributed by atoms with Gasteiger partial charge in [0.25, 0.3) is 0 Å². The van der Waals surface area contributed by atoms with Crippen molar-refractivity contribution >= 4 is 10.9 Å². The minimum atomic E-state index is 1.02. The Bertz CT molecular complexity index is 455. The number of pyridine rings is 1. The van der Waals surface area contributed by atoms with Crippen LogP contribution < -0.4 is 0 Å². The molecule has 0 aliphatic carbocycles. The molecule has 0 unspecified atom stereocenters. The molecule has 0 aliphatic rings. The van der Waals surface area contributed by atoms with Crippen LogP contribution in [0.4, 0.5) is 0 Å². The number of aryl methyl sites for hydroxylation is 3. The fourth-order valence-corrected chi connectivity index (χ4v) is 1.91. The van der Waals surface area contributed by atoms with Gasteiger partial charge < -0.3 is 4.57 Å². The van der Waals surface area contributed by atoms with Gasteiger partial charge in [-0.1, -0.05) is 34.1 Å².